The van der Waals surface area contributed by atoms with Gasteiger partial charge < -0.3 is 9.64 Å². The van der Waals surface area contributed by atoms with Crippen molar-refractivity contribution in [3.05, 3.63) is 58.7 Å². The van der Waals surface area contributed by atoms with Gasteiger partial charge >= 0.3 is 0 Å². The van der Waals surface area contributed by atoms with E-state index < -0.39 is 10.0 Å². The highest BCUT2D eigenvalue weighted by Crippen LogP contribution is 2.35. The number of nitrogens with zero attached hydrogens (tertiary/aromatic N) is 2. The van der Waals surface area contributed by atoms with Crippen LogP contribution < -0.4 is 10.0 Å². The highest BCUT2D eigenvalue weighted by atomic mass is 32.2. The Kier molecular flexibility index (Phi) is 6.17. The first-order valence-corrected chi connectivity index (χ1v) is 13.6. The lowest BCUT2D eigenvalue weighted by molar-refractivity contribution is 0.0254. The number of halogens is 1. The molecule has 0 radical (unpaired) electrons. The number of ether oxygens (including phenoxy) is 1. The van der Waals surface area contributed by atoms with Crippen LogP contribution in [-0.2, 0) is 21.2 Å². The van der Waals surface area contributed by atoms with Gasteiger partial charge in [0.25, 0.3) is 0 Å². The number of fused-ring (bicyclic) bond motifs is 2. The molecule has 1 fully saturated rings. The average Bonchev–Trinajstić information content (AvgIpc) is 3.20. The van der Waals surface area contributed by atoms with E-state index in [0.717, 1.165) is 53.8 Å². The highest BCUT2D eigenvalue weighted by molar-refractivity contribution is 7.89. The zero-order valence-corrected chi connectivity index (χ0v) is 20.2. The number of piperazine rings is 1. The molecule has 2 aromatic carbocycles. The van der Waals surface area contributed by atoms with Gasteiger partial charge in [0.15, 0.2) is 0 Å². The molecule has 0 spiro atoms. The van der Waals surface area contributed by atoms with E-state index in [-0.39, 0.29) is 16.8 Å². The van der Waals surface area contributed by atoms with Crippen LogP contribution in [0.25, 0.3) is 10.1 Å². The molecule has 6 nitrogen and oxygen atoms in total. The number of hydrogen-bond acceptors (Lipinski definition) is 6. The topological polar surface area (TPSA) is 75.9 Å². The lowest BCUT2D eigenvalue weighted by atomic mass is 9.95. The van der Waals surface area contributed by atoms with Crippen molar-refractivity contribution < 1.29 is 17.5 Å². The first-order chi connectivity index (χ1) is 15.8. The third-order valence-electron chi connectivity index (χ3n) is 6.78. The van der Waals surface area contributed by atoms with Crippen LogP contribution in [0.3, 0.4) is 0 Å². The minimum atomic E-state index is -3.70. The number of rotatable bonds is 5. The molecular weight excluding hydrogens is 461 g/mol. The van der Waals surface area contributed by atoms with Crippen LogP contribution in [-0.4, -0.2) is 52.1 Å². The van der Waals surface area contributed by atoms with Gasteiger partial charge in [0.1, 0.15) is 5.82 Å². The van der Waals surface area contributed by atoms with Crippen molar-refractivity contribution >= 4 is 37.1 Å². The number of nitrogens with two attached hydrogens (primary N) is 1. The predicted molar refractivity (Wildman–Crippen MR) is 130 cm³/mol. The second-order valence-electron chi connectivity index (χ2n) is 8.90. The summed E-state index contributed by atoms with van der Waals surface area (Å²) in [5, 5.41) is 8.55. The fourth-order valence-electron chi connectivity index (χ4n) is 4.99. The van der Waals surface area contributed by atoms with Crippen molar-refractivity contribution in [2.24, 2.45) is 5.14 Å². The molecule has 1 aromatic heterocycles. The molecule has 0 aliphatic carbocycles. The Labute approximate surface area is 197 Å². The first-order valence-electron chi connectivity index (χ1n) is 11.2. The fraction of sp³-hybridized carbons (Fsp3) is 0.417. The monoisotopic (exact) mass is 489 g/mol. The maximum absolute atomic E-state index is 13.5. The molecule has 3 heterocycles. The van der Waals surface area contributed by atoms with E-state index in [0.29, 0.717) is 19.1 Å². The number of thiophene rings is 1. The molecule has 2 atom stereocenters. The van der Waals surface area contributed by atoms with Gasteiger partial charge in [-0.25, -0.2) is 17.9 Å². The normalized spacial score (nSPS) is 22.0. The van der Waals surface area contributed by atoms with Gasteiger partial charge in [-0.2, -0.15) is 0 Å². The molecule has 3 aromatic rings. The summed E-state index contributed by atoms with van der Waals surface area (Å²) in [5.41, 5.74) is 3.27. The van der Waals surface area contributed by atoms with E-state index in [1.165, 1.54) is 11.8 Å². The summed E-state index contributed by atoms with van der Waals surface area (Å²) in [5.74, 6) is -0.193. The van der Waals surface area contributed by atoms with Gasteiger partial charge in [0.05, 0.1) is 23.3 Å². The van der Waals surface area contributed by atoms with Crippen LogP contribution in [0.4, 0.5) is 10.1 Å². The number of hydrogen-bond donors (Lipinski definition) is 1. The smallest absolute Gasteiger partial charge is 0.238 e. The van der Waals surface area contributed by atoms with Crippen molar-refractivity contribution in [2.45, 2.75) is 36.8 Å². The maximum Gasteiger partial charge on any atom is 0.238 e. The Balaban J connectivity index is 1.23. The summed E-state index contributed by atoms with van der Waals surface area (Å²) in [6, 6.07) is 10.5. The minimum absolute atomic E-state index is 0.0378. The van der Waals surface area contributed by atoms with Crippen molar-refractivity contribution in [2.75, 3.05) is 37.7 Å². The second-order valence-corrected chi connectivity index (χ2v) is 11.4. The summed E-state index contributed by atoms with van der Waals surface area (Å²) in [6.07, 6.45) is 1.51. The lowest BCUT2D eigenvalue weighted by Crippen LogP contribution is -2.52. The molecule has 2 N–H and O–H groups in total. The van der Waals surface area contributed by atoms with Crippen LogP contribution >= 0.6 is 11.3 Å². The molecule has 1 saturated heterocycles. The van der Waals surface area contributed by atoms with E-state index in [4.69, 9.17) is 9.88 Å². The quantitative estimate of drug-likeness (QED) is 0.588. The maximum atomic E-state index is 13.5. The summed E-state index contributed by atoms with van der Waals surface area (Å²) in [4.78, 5) is 5.05. The van der Waals surface area contributed by atoms with Crippen LogP contribution in [0, 0.1) is 5.82 Å². The Morgan fingerprint density at radius 1 is 1.21 bits per heavy atom. The number of sulfonamides is 1. The van der Waals surface area contributed by atoms with Gasteiger partial charge in [0, 0.05) is 47.7 Å². The molecule has 2 aliphatic heterocycles. The zero-order valence-electron chi connectivity index (χ0n) is 18.5. The van der Waals surface area contributed by atoms with Crippen LogP contribution in [0.15, 0.2) is 46.7 Å². The Morgan fingerprint density at radius 3 is 2.85 bits per heavy atom. The first kappa shape index (κ1) is 22.7. The molecular formula is C24H28FN3O3S2. The van der Waals surface area contributed by atoms with E-state index in [1.54, 1.807) is 29.5 Å². The van der Waals surface area contributed by atoms with E-state index in [9.17, 15) is 12.8 Å². The highest BCUT2D eigenvalue weighted by Gasteiger charge is 2.28. The van der Waals surface area contributed by atoms with Crippen LogP contribution in [0.5, 0.6) is 0 Å². The standard InChI is InChI=1S/C24H28FN3O3S2/c1-16-14-28(22-15-32-24-13-18(25)2-4-21(22)24)10-9-27(16)8-6-23-20-5-3-19(33(26,29)30)12-17(20)7-11-31-23/h2-5,12-13,15-16,23H,6-11,14H2,1H3,(H2,26,29,30)/t16-,23+/m1/s1. The number of benzene rings is 2. The molecule has 176 valence electrons. The van der Waals surface area contributed by atoms with Gasteiger partial charge in [-0.05, 0) is 61.2 Å². The minimum Gasteiger partial charge on any atom is -0.373 e. The lowest BCUT2D eigenvalue weighted by Gasteiger charge is -2.41. The van der Waals surface area contributed by atoms with Gasteiger partial charge in [-0.3, -0.25) is 4.90 Å². The second kappa shape index (κ2) is 8.96. The molecule has 0 amide bonds. The van der Waals surface area contributed by atoms with Gasteiger partial charge in [-0.1, -0.05) is 6.07 Å². The largest absolute Gasteiger partial charge is 0.373 e. The molecule has 0 bridgehead atoms. The third kappa shape index (κ3) is 4.65. The summed E-state index contributed by atoms with van der Waals surface area (Å²) in [6.45, 7) is 6.53. The van der Waals surface area contributed by atoms with Crippen molar-refractivity contribution in [3.8, 4) is 0 Å². The van der Waals surface area contributed by atoms with Crippen LogP contribution in [0.2, 0.25) is 0 Å². The molecule has 5 rings (SSSR count). The SMILES string of the molecule is C[C@@H]1CN(c2csc3cc(F)ccc23)CCN1CC[C@@H]1OCCc2cc(S(N)(=O)=O)ccc21. The molecule has 0 unspecified atom stereocenters. The number of primary sulfonamides is 1. The molecule has 0 saturated carbocycles. The zero-order chi connectivity index (χ0) is 23.2. The van der Waals surface area contributed by atoms with E-state index in [1.807, 2.05) is 12.1 Å². The summed E-state index contributed by atoms with van der Waals surface area (Å²) >= 11 is 1.59. The Morgan fingerprint density at radius 2 is 2.06 bits per heavy atom. The molecule has 33 heavy (non-hydrogen) atoms. The predicted octanol–water partition coefficient (Wildman–Crippen LogP) is 3.90. The summed E-state index contributed by atoms with van der Waals surface area (Å²) in [7, 11) is -3.70. The summed E-state index contributed by atoms with van der Waals surface area (Å²) < 4.78 is 44.0. The number of anilines is 1. The fourth-order valence-corrected chi connectivity index (χ4v) is 6.55. The van der Waals surface area contributed by atoms with Gasteiger partial charge in [-0.15, -0.1) is 11.3 Å². The van der Waals surface area contributed by atoms with Crippen LogP contribution in [0.1, 0.15) is 30.6 Å². The van der Waals surface area contributed by atoms with Gasteiger partial charge in [0.2, 0.25) is 10.0 Å². The van der Waals surface area contributed by atoms with Crippen molar-refractivity contribution in [1.82, 2.24) is 4.90 Å². The third-order valence-corrected chi connectivity index (χ3v) is 8.63. The Hall–Kier alpha value is -2.04. The van der Waals surface area contributed by atoms with Crippen molar-refractivity contribution in [3.63, 3.8) is 0 Å². The Bertz CT molecular complexity index is 1280. The van der Waals surface area contributed by atoms with E-state index in [2.05, 4.69) is 22.1 Å². The molecule has 2 aliphatic rings. The molecule has 9 heteroatoms. The van der Waals surface area contributed by atoms with E-state index >= 15 is 0 Å². The average molecular weight is 490 g/mol. The van der Waals surface area contributed by atoms with Crippen molar-refractivity contribution in [1.29, 1.82) is 0 Å².